The topological polar surface area (TPSA) is 52.6 Å². The zero-order chi connectivity index (χ0) is 22.3. The van der Waals surface area contributed by atoms with Crippen molar-refractivity contribution in [3.63, 3.8) is 0 Å². The van der Waals surface area contributed by atoms with Gasteiger partial charge in [-0.05, 0) is 55.2 Å². The maximum atomic E-state index is 13.4. The number of alkyl halides is 3. The van der Waals surface area contributed by atoms with Crippen molar-refractivity contribution >= 4 is 11.9 Å². The SMILES string of the molecule is CCc1ccc(C(=O)OC(C)CC(OC(=O)c2ccc(CC)cc2)C(F)(F)F)cc1. The van der Waals surface area contributed by atoms with Crippen LogP contribution in [0.15, 0.2) is 48.5 Å². The normalized spacial score (nSPS) is 13.4. The third-order valence-electron chi connectivity index (χ3n) is 4.66. The van der Waals surface area contributed by atoms with Gasteiger partial charge in [0.05, 0.1) is 11.1 Å². The Morgan fingerprint density at radius 1 is 0.800 bits per heavy atom. The Morgan fingerprint density at radius 2 is 1.20 bits per heavy atom. The van der Waals surface area contributed by atoms with Gasteiger partial charge in [0, 0.05) is 6.42 Å². The van der Waals surface area contributed by atoms with Crippen molar-refractivity contribution in [2.75, 3.05) is 0 Å². The Morgan fingerprint density at radius 3 is 1.57 bits per heavy atom. The second kappa shape index (κ2) is 10.3. The first kappa shape index (κ1) is 23.4. The van der Waals surface area contributed by atoms with E-state index in [1.807, 2.05) is 13.8 Å². The molecule has 2 unspecified atom stereocenters. The molecule has 0 fully saturated rings. The zero-order valence-corrected chi connectivity index (χ0v) is 17.2. The number of carbonyl (C=O) groups is 2. The van der Waals surface area contributed by atoms with Crippen molar-refractivity contribution in [3.8, 4) is 0 Å². The second-order valence-electron chi connectivity index (χ2n) is 6.99. The quantitative estimate of drug-likeness (QED) is 0.525. The maximum absolute atomic E-state index is 13.4. The van der Waals surface area contributed by atoms with Crippen LogP contribution in [0.2, 0.25) is 0 Å². The van der Waals surface area contributed by atoms with Crippen molar-refractivity contribution in [2.45, 2.75) is 58.4 Å². The molecule has 0 heterocycles. The lowest BCUT2D eigenvalue weighted by molar-refractivity contribution is -0.210. The summed E-state index contributed by atoms with van der Waals surface area (Å²) in [6.07, 6.45) is -7.44. The minimum Gasteiger partial charge on any atom is -0.459 e. The first-order valence-electron chi connectivity index (χ1n) is 9.80. The van der Waals surface area contributed by atoms with E-state index in [1.165, 1.54) is 19.1 Å². The average Bonchev–Trinajstić information content (AvgIpc) is 2.72. The summed E-state index contributed by atoms with van der Waals surface area (Å²) in [5.74, 6) is -1.80. The number of aryl methyl sites for hydroxylation is 2. The fraction of sp³-hybridized carbons (Fsp3) is 0.391. The molecule has 30 heavy (non-hydrogen) atoms. The van der Waals surface area contributed by atoms with Gasteiger partial charge in [-0.2, -0.15) is 13.2 Å². The fourth-order valence-corrected chi connectivity index (χ4v) is 2.80. The molecular formula is C23H25F3O4. The molecule has 2 atom stereocenters. The lowest BCUT2D eigenvalue weighted by Crippen LogP contribution is -2.37. The van der Waals surface area contributed by atoms with Crippen molar-refractivity contribution in [1.29, 1.82) is 0 Å². The molecule has 0 aliphatic rings. The molecule has 0 spiro atoms. The first-order valence-corrected chi connectivity index (χ1v) is 9.80. The summed E-state index contributed by atoms with van der Waals surface area (Å²) < 4.78 is 50.0. The highest BCUT2D eigenvalue weighted by atomic mass is 19.4. The largest absolute Gasteiger partial charge is 0.459 e. The van der Waals surface area contributed by atoms with Crippen LogP contribution in [0.25, 0.3) is 0 Å². The van der Waals surface area contributed by atoms with Crippen molar-refractivity contribution < 1.29 is 32.2 Å². The zero-order valence-electron chi connectivity index (χ0n) is 17.2. The number of hydrogen-bond donors (Lipinski definition) is 0. The van der Waals surface area contributed by atoms with Gasteiger partial charge < -0.3 is 9.47 Å². The van der Waals surface area contributed by atoms with E-state index in [4.69, 9.17) is 9.47 Å². The minimum atomic E-state index is -4.79. The molecule has 0 bridgehead atoms. The van der Waals surface area contributed by atoms with Crippen LogP contribution in [0.4, 0.5) is 13.2 Å². The van der Waals surface area contributed by atoms with Crippen LogP contribution in [-0.2, 0) is 22.3 Å². The third kappa shape index (κ3) is 6.61. The van der Waals surface area contributed by atoms with Crippen LogP contribution in [0.3, 0.4) is 0 Å². The Labute approximate surface area is 174 Å². The number of esters is 2. The van der Waals surface area contributed by atoms with Gasteiger partial charge in [0.25, 0.3) is 0 Å². The molecule has 0 amide bonds. The van der Waals surface area contributed by atoms with Gasteiger partial charge in [-0.25, -0.2) is 9.59 Å². The predicted octanol–water partition coefficient (Wildman–Crippen LogP) is 5.53. The summed E-state index contributed by atoms with van der Waals surface area (Å²) in [5, 5.41) is 0. The molecule has 0 saturated heterocycles. The highest BCUT2D eigenvalue weighted by Gasteiger charge is 2.44. The van der Waals surface area contributed by atoms with Gasteiger partial charge >= 0.3 is 18.1 Å². The molecule has 2 rings (SSSR count). The van der Waals surface area contributed by atoms with E-state index in [1.54, 1.807) is 36.4 Å². The lowest BCUT2D eigenvalue weighted by Gasteiger charge is -2.24. The molecule has 0 radical (unpaired) electrons. The van der Waals surface area contributed by atoms with Crippen LogP contribution in [0.1, 0.15) is 59.0 Å². The van der Waals surface area contributed by atoms with Crippen LogP contribution in [0.5, 0.6) is 0 Å². The van der Waals surface area contributed by atoms with Crippen LogP contribution in [-0.4, -0.2) is 30.3 Å². The summed E-state index contributed by atoms with van der Waals surface area (Å²) in [6, 6.07) is 12.8. The molecule has 162 valence electrons. The summed E-state index contributed by atoms with van der Waals surface area (Å²) >= 11 is 0. The van der Waals surface area contributed by atoms with Crippen LogP contribution < -0.4 is 0 Å². The van der Waals surface area contributed by atoms with E-state index in [9.17, 15) is 22.8 Å². The van der Waals surface area contributed by atoms with Crippen LogP contribution in [0, 0.1) is 0 Å². The molecule has 0 aliphatic heterocycles. The van der Waals surface area contributed by atoms with Gasteiger partial charge in [0.15, 0.2) is 0 Å². The van der Waals surface area contributed by atoms with Gasteiger partial charge in [0.1, 0.15) is 6.10 Å². The molecule has 0 aliphatic carbocycles. The summed E-state index contributed by atoms with van der Waals surface area (Å²) in [7, 11) is 0. The predicted molar refractivity (Wildman–Crippen MR) is 106 cm³/mol. The number of rotatable bonds is 8. The number of halogens is 3. The number of benzene rings is 2. The van der Waals surface area contributed by atoms with Gasteiger partial charge in [0.2, 0.25) is 6.10 Å². The molecule has 2 aromatic rings. The monoisotopic (exact) mass is 422 g/mol. The van der Waals surface area contributed by atoms with Gasteiger partial charge in [-0.1, -0.05) is 38.1 Å². The van der Waals surface area contributed by atoms with E-state index >= 15 is 0 Å². The Kier molecular flexibility index (Phi) is 8.03. The summed E-state index contributed by atoms with van der Waals surface area (Å²) in [4.78, 5) is 24.3. The molecule has 0 aromatic heterocycles. The second-order valence-corrected chi connectivity index (χ2v) is 6.99. The molecule has 7 heteroatoms. The minimum absolute atomic E-state index is 0.0297. The van der Waals surface area contributed by atoms with Crippen molar-refractivity contribution in [2.24, 2.45) is 0 Å². The molecular weight excluding hydrogens is 397 g/mol. The van der Waals surface area contributed by atoms with Gasteiger partial charge in [-0.15, -0.1) is 0 Å². The summed E-state index contributed by atoms with van der Waals surface area (Å²) in [5.41, 5.74) is 2.25. The molecule has 2 aromatic carbocycles. The lowest BCUT2D eigenvalue weighted by atomic mass is 10.1. The van der Waals surface area contributed by atoms with Gasteiger partial charge in [-0.3, -0.25) is 0 Å². The molecule has 0 saturated carbocycles. The molecule has 0 N–H and O–H groups in total. The first-order chi connectivity index (χ1) is 14.1. The number of ether oxygens (including phenoxy) is 2. The highest BCUT2D eigenvalue weighted by molar-refractivity contribution is 5.90. The standard InChI is InChI=1S/C23H25F3O4/c1-4-16-6-10-18(11-7-16)21(27)29-15(3)14-20(23(24,25)26)30-22(28)19-12-8-17(5-2)9-13-19/h6-13,15,20H,4-5,14H2,1-3H3. The van der Waals surface area contributed by atoms with E-state index < -0.39 is 36.7 Å². The average molecular weight is 422 g/mol. The van der Waals surface area contributed by atoms with E-state index in [0.717, 1.165) is 24.0 Å². The van der Waals surface area contributed by atoms with E-state index in [-0.39, 0.29) is 11.1 Å². The van der Waals surface area contributed by atoms with Crippen molar-refractivity contribution in [1.82, 2.24) is 0 Å². The van der Waals surface area contributed by atoms with E-state index in [0.29, 0.717) is 0 Å². The smallest absolute Gasteiger partial charge is 0.425 e. The van der Waals surface area contributed by atoms with Crippen molar-refractivity contribution in [3.05, 3.63) is 70.8 Å². The Hall–Kier alpha value is -2.83. The number of carbonyl (C=O) groups excluding carboxylic acids is 2. The highest BCUT2D eigenvalue weighted by Crippen LogP contribution is 2.28. The summed E-state index contributed by atoms with van der Waals surface area (Å²) in [6.45, 7) is 5.22. The fourth-order valence-electron chi connectivity index (χ4n) is 2.80. The van der Waals surface area contributed by atoms with E-state index in [2.05, 4.69) is 0 Å². The Balaban J connectivity index is 2.02. The maximum Gasteiger partial charge on any atom is 0.425 e. The Bertz CT molecular complexity index is 842. The van der Waals surface area contributed by atoms with Crippen LogP contribution >= 0.6 is 0 Å². The molecule has 4 nitrogen and oxygen atoms in total. The third-order valence-corrected chi connectivity index (χ3v) is 4.66. The number of hydrogen-bond acceptors (Lipinski definition) is 4.